The molecule has 2 saturated carbocycles. The summed E-state index contributed by atoms with van der Waals surface area (Å²) >= 11 is 2.29. The highest BCUT2D eigenvalue weighted by atomic mass is 127. The molecule has 458 valence electrons. The first-order valence-corrected chi connectivity index (χ1v) is 30.1. The number of imidazole rings is 2. The molecule has 6 aromatic rings. The smallest absolute Gasteiger partial charge is 0.410 e. The zero-order valence-electron chi connectivity index (χ0n) is 49.4. The van der Waals surface area contributed by atoms with E-state index >= 15 is 0 Å². The molecule has 0 radical (unpaired) electrons. The van der Waals surface area contributed by atoms with Crippen molar-refractivity contribution in [3.8, 4) is 46.8 Å². The summed E-state index contributed by atoms with van der Waals surface area (Å²) in [5, 5.41) is 11.8. The molecule has 20 heteroatoms. The number of ether oxygens (including phenoxy) is 6. The Kier molecular flexibility index (Phi) is 23.6. The highest BCUT2D eigenvalue weighted by molar-refractivity contribution is 14.1. The average molecular weight is 1280 g/mol. The third kappa shape index (κ3) is 18.8. The Bertz CT molecular complexity index is 3130. The van der Waals surface area contributed by atoms with Crippen molar-refractivity contribution in [2.75, 3.05) is 39.4 Å². The number of amides is 1. The van der Waals surface area contributed by atoms with Gasteiger partial charge in [-0.05, 0) is 190 Å². The van der Waals surface area contributed by atoms with E-state index in [1.807, 2.05) is 130 Å². The van der Waals surface area contributed by atoms with Crippen LogP contribution in [0.25, 0.3) is 22.6 Å². The molecule has 1 N–H and O–H groups in total. The molecule has 18 nitrogen and oxygen atoms in total. The van der Waals surface area contributed by atoms with Crippen LogP contribution in [0.4, 0.5) is 9.50 Å². The molecule has 2 aliphatic carbocycles. The third-order valence-corrected chi connectivity index (χ3v) is 15.9. The van der Waals surface area contributed by atoms with Crippen LogP contribution < -0.4 is 5.32 Å². The summed E-state index contributed by atoms with van der Waals surface area (Å²) in [5.74, 6) is 16.3. The number of hydrogen-bond donors (Lipinski definition) is 1. The Morgan fingerprint density at radius 2 is 1.24 bits per heavy atom. The maximum Gasteiger partial charge on any atom is 0.410 e. The lowest BCUT2D eigenvalue weighted by Gasteiger charge is -2.26. The number of halogens is 2. The number of rotatable bonds is 13. The Morgan fingerprint density at radius 1 is 0.741 bits per heavy atom. The van der Waals surface area contributed by atoms with E-state index in [1.165, 1.54) is 16.7 Å². The number of fused-ring (bicyclic) bond motifs is 2. The minimum atomic E-state index is -0.468. The second kappa shape index (κ2) is 30.3. The second-order valence-corrected chi connectivity index (χ2v) is 25.2. The van der Waals surface area contributed by atoms with E-state index in [1.54, 1.807) is 12.4 Å². The van der Waals surface area contributed by atoms with Gasteiger partial charge in [0.05, 0.1) is 13.1 Å². The Labute approximate surface area is 513 Å². The summed E-state index contributed by atoms with van der Waals surface area (Å²) in [4.78, 5) is 32.7. The maximum absolute atomic E-state index is 12.3. The summed E-state index contributed by atoms with van der Waals surface area (Å²) in [7, 11) is 0. The van der Waals surface area contributed by atoms with Gasteiger partial charge in [-0.3, -0.25) is 9.50 Å². The van der Waals surface area contributed by atoms with Crippen LogP contribution >= 0.6 is 22.6 Å². The van der Waals surface area contributed by atoms with Crippen molar-refractivity contribution in [3.63, 3.8) is 0 Å². The van der Waals surface area contributed by atoms with Gasteiger partial charge in [0.15, 0.2) is 24.1 Å². The van der Waals surface area contributed by atoms with Crippen molar-refractivity contribution in [1.29, 1.82) is 0 Å². The standard InChI is InChI=1S/C32H38N4O5.C20H22IN3O3.C7H9N.C5H10O2.CH4.FH/c1-21(39-29-7-5-6-16-38-29)30-33-14-15-35(30)18-24-17-28(41-34-24)23-11-8-22(9-12-23)10-13-25-26-19-36(20-27(25)26)31(37)40-32(2,3)4;1-14(26-19-4-2-3-11-25-19)20-22-9-10-24(20)13-17-12-18(27-23-17)15-5-7-16(21)8-6-15;1-2-5-6-3-8-4-7(5)6;1-5(2,3)7-4-6;;/h8-9,11-12,14-15,17,21,25-27,29H,5-7,16,18-20H2,1-4H3;5-10,12,14,19H,2-4,11,13H2,1H3;1,5-8H,3-4H2;4H,1-3H3;1H4;1H/t21-,25?,26-,27+,29?;14-,19?;5?,6-,7+;;;/m00..../s1. The summed E-state index contributed by atoms with van der Waals surface area (Å²) in [5.41, 5.74) is 3.80. The first-order valence-electron chi connectivity index (χ1n) is 29.0. The molecule has 10 atom stereocenters. The van der Waals surface area contributed by atoms with Gasteiger partial charge < -0.3 is 56.8 Å². The van der Waals surface area contributed by atoms with E-state index in [4.69, 9.17) is 39.2 Å². The molecule has 8 heterocycles. The van der Waals surface area contributed by atoms with Crippen LogP contribution in [-0.4, -0.2) is 110 Å². The SMILES string of the molecule is C.C#CC1[C@H]2CNC[C@@H]12.CC(C)(C)OC=O.C[C@H](OC1CCCCO1)c1nccn1Cc1cc(-c2ccc(C#CC3[C@H]4CN(C(=O)OC(C)(C)C)C[C@@H]34)cc2)on1.C[C@H](OC1CCCCO1)c1nccn1Cc1cc(-c2ccc(I)cc2)on1.F. The van der Waals surface area contributed by atoms with Crippen LogP contribution in [0.3, 0.4) is 0 Å². The summed E-state index contributed by atoms with van der Waals surface area (Å²) < 4.78 is 50.1. The minimum absolute atomic E-state index is 0. The number of aromatic nitrogens is 6. The van der Waals surface area contributed by atoms with Gasteiger partial charge >= 0.3 is 6.09 Å². The van der Waals surface area contributed by atoms with E-state index in [9.17, 15) is 9.59 Å². The van der Waals surface area contributed by atoms with Crippen LogP contribution in [0.2, 0.25) is 0 Å². The normalized spacial score (nSPS) is 23.2. The van der Waals surface area contributed by atoms with Crippen LogP contribution in [0.1, 0.15) is 142 Å². The van der Waals surface area contributed by atoms with E-state index in [-0.39, 0.29) is 48.6 Å². The largest absolute Gasteiger partial charge is 0.462 e. The molecule has 6 fully saturated rings. The topological polar surface area (TPSA) is 192 Å². The molecule has 0 spiro atoms. The number of terminal acetylenes is 1. The van der Waals surface area contributed by atoms with Gasteiger partial charge in [-0.1, -0.05) is 41.7 Å². The van der Waals surface area contributed by atoms with Crippen LogP contribution in [0.5, 0.6) is 0 Å². The van der Waals surface area contributed by atoms with Gasteiger partial charge in [-0.2, -0.15) is 0 Å². The fourth-order valence-electron chi connectivity index (χ4n) is 10.8. The molecule has 4 unspecified atom stereocenters. The van der Waals surface area contributed by atoms with Crippen LogP contribution in [0.15, 0.2) is 94.5 Å². The second-order valence-electron chi connectivity index (χ2n) is 23.9. The van der Waals surface area contributed by atoms with E-state index in [0.717, 1.165) is 122 Å². The zero-order chi connectivity index (χ0) is 58.7. The molecule has 2 aromatic carbocycles. The Hall–Kier alpha value is -6.40. The highest BCUT2D eigenvalue weighted by Crippen LogP contribution is 2.51. The number of benzene rings is 2. The Morgan fingerprint density at radius 3 is 1.65 bits per heavy atom. The van der Waals surface area contributed by atoms with Crippen molar-refractivity contribution >= 4 is 35.2 Å². The molecule has 4 saturated heterocycles. The van der Waals surface area contributed by atoms with Crippen molar-refractivity contribution in [3.05, 3.63) is 118 Å². The van der Waals surface area contributed by atoms with Gasteiger partial charge in [-0.25, -0.2) is 14.8 Å². The molecule has 1 amide bonds. The van der Waals surface area contributed by atoms with Gasteiger partial charge in [0.1, 0.15) is 46.4 Å². The number of carbonyl (C=O) groups excluding carboxylic acids is 2. The van der Waals surface area contributed by atoms with Crippen LogP contribution in [0, 0.1) is 63.3 Å². The maximum atomic E-state index is 12.3. The van der Waals surface area contributed by atoms with E-state index in [2.05, 4.69) is 82.8 Å². The number of nitrogens with one attached hydrogen (secondary N) is 1. The first kappa shape index (κ1) is 66.1. The first-order chi connectivity index (χ1) is 39.9. The number of likely N-dealkylation sites (tertiary alicyclic amines) is 1. The molecule has 0 bridgehead atoms. The molecule has 4 aliphatic heterocycles. The van der Waals surface area contributed by atoms with Gasteiger partial charge in [0.25, 0.3) is 6.47 Å². The summed E-state index contributed by atoms with van der Waals surface area (Å²) in [6.07, 6.45) is 18.1. The lowest BCUT2D eigenvalue weighted by molar-refractivity contribution is -0.188. The molecular formula is C65H84FIN8O10. The minimum Gasteiger partial charge on any atom is -0.462 e. The highest BCUT2D eigenvalue weighted by Gasteiger charge is 2.56. The molecule has 6 aliphatic rings. The number of hydrogen-bond acceptors (Lipinski definition) is 15. The number of piperidine rings is 2. The molecule has 4 aromatic heterocycles. The predicted molar refractivity (Wildman–Crippen MR) is 329 cm³/mol. The van der Waals surface area contributed by atoms with E-state index in [0.29, 0.717) is 49.0 Å². The fraction of sp³-hybridized carbons (Fsp3) is 0.538. The summed E-state index contributed by atoms with van der Waals surface area (Å²) in [6.45, 7) is 22.1. The third-order valence-electron chi connectivity index (χ3n) is 15.2. The quantitative estimate of drug-likeness (QED) is 0.0652. The predicted octanol–water partition coefficient (Wildman–Crippen LogP) is 12.3. The molecule has 12 rings (SSSR count). The number of carbonyl (C=O) groups is 2. The number of nitrogens with zero attached hydrogens (tertiary/aromatic N) is 7. The monoisotopic (exact) mass is 1280 g/mol. The lowest BCUT2D eigenvalue weighted by Crippen LogP contribution is -2.37. The van der Waals surface area contributed by atoms with E-state index < -0.39 is 5.60 Å². The van der Waals surface area contributed by atoms with Crippen molar-refractivity contribution in [2.45, 2.75) is 150 Å². The van der Waals surface area contributed by atoms with Crippen LogP contribution in [-0.2, 0) is 46.3 Å². The van der Waals surface area contributed by atoms with Crippen molar-refractivity contribution < 1.29 is 51.8 Å². The molecule has 85 heavy (non-hydrogen) atoms. The zero-order valence-corrected chi connectivity index (χ0v) is 51.6. The van der Waals surface area contributed by atoms with Gasteiger partial charge in [-0.15, -0.1) is 12.3 Å². The molecular weight excluding hydrogens is 1200 g/mol. The Balaban J connectivity index is 0.000000200. The van der Waals surface area contributed by atoms with Crippen molar-refractivity contribution in [2.24, 2.45) is 35.5 Å². The summed E-state index contributed by atoms with van der Waals surface area (Å²) in [6, 6.07) is 20.2. The van der Waals surface area contributed by atoms with Gasteiger partial charge in [0, 0.05) is 95.3 Å². The fourth-order valence-corrected chi connectivity index (χ4v) is 11.1. The lowest BCUT2D eigenvalue weighted by atomic mass is 10.1. The van der Waals surface area contributed by atoms with Gasteiger partial charge in [0.2, 0.25) is 0 Å². The van der Waals surface area contributed by atoms with Crippen molar-refractivity contribution in [1.82, 2.24) is 39.6 Å². The average Bonchev–Trinajstić information content (AvgIpc) is 2.60.